The summed E-state index contributed by atoms with van der Waals surface area (Å²) in [5, 5.41) is 16.4. The average molecular weight is 371 g/mol. The average Bonchev–Trinajstić information content (AvgIpc) is 2.69. The van der Waals surface area contributed by atoms with Crippen LogP contribution in [0.15, 0.2) is 48.5 Å². The van der Waals surface area contributed by atoms with Crippen LogP contribution in [0.5, 0.6) is 11.5 Å². The molecule has 2 aromatic carbocycles. The van der Waals surface area contributed by atoms with Crippen LogP contribution in [0.25, 0.3) is 6.08 Å². The minimum absolute atomic E-state index is 0.0351. The van der Waals surface area contributed by atoms with Crippen molar-refractivity contribution in [2.24, 2.45) is 0 Å². The number of hydrogen-bond acceptors (Lipinski definition) is 6. The van der Waals surface area contributed by atoms with Crippen molar-refractivity contribution in [2.75, 3.05) is 32.6 Å². The van der Waals surface area contributed by atoms with Gasteiger partial charge in [-0.15, -0.1) is 0 Å². The number of nitro benzene ring substituents is 1. The Morgan fingerprint density at radius 3 is 2.48 bits per heavy atom. The van der Waals surface area contributed by atoms with Gasteiger partial charge in [-0.3, -0.25) is 14.9 Å². The molecule has 0 unspecified atom stereocenters. The number of benzene rings is 2. The number of ether oxygens (including phenoxy) is 2. The van der Waals surface area contributed by atoms with Gasteiger partial charge in [-0.1, -0.05) is 0 Å². The van der Waals surface area contributed by atoms with Gasteiger partial charge in [0.2, 0.25) is 5.91 Å². The van der Waals surface area contributed by atoms with Crippen LogP contribution in [-0.4, -0.2) is 38.1 Å². The van der Waals surface area contributed by atoms with Crippen molar-refractivity contribution in [1.82, 2.24) is 5.32 Å². The highest BCUT2D eigenvalue weighted by atomic mass is 16.6. The Morgan fingerprint density at radius 2 is 1.85 bits per heavy atom. The standard InChI is InChI=1S/C19H21N3O5/c1-26-17-9-3-14(18(13-17)27-2)4-10-19(23)21-12-11-20-15-5-7-16(8-6-15)22(24)25/h3-10,13,20H,11-12H2,1-2H3,(H,21,23)/b10-4+. The fourth-order valence-electron chi connectivity index (χ4n) is 2.27. The van der Waals surface area contributed by atoms with Crippen molar-refractivity contribution >= 4 is 23.4 Å². The predicted octanol–water partition coefficient (Wildman–Crippen LogP) is 2.85. The highest BCUT2D eigenvalue weighted by Crippen LogP contribution is 2.25. The molecule has 8 heteroatoms. The molecule has 0 aliphatic heterocycles. The Bertz CT molecular complexity index is 819. The summed E-state index contributed by atoms with van der Waals surface area (Å²) in [5.41, 5.74) is 1.54. The number of nitro groups is 1. The van der Waals surface area contributed by atoms with E-state index in [1.54, 1.807) is 50.6 Å². The summed E-state index contributed by atoms with van der Waals surface area (Å²) in [6.07, 6.45) is 3.09. The maximum atomic E-state index is 11.9. The highest BCUT2D eigenvalue weighted by Gasteiger charge is 2.04. The molecule has 1 amide bonds. The fourth-order valence-corrected chi connectivity index (χ4v) is 2.27. The van der Waals surface area contributed by atoms with Gasteiger partial charge in [0.05, 0.1) is 19.1 Å². The van der Waals surface area contributed by atoms with Crippen molar-refractivity contribution in [1.29, 1.82) is 0 Å². The summed E-state index contributed by atoms with van der Waals surface area (Å²) in [7, 11) is 3.12. The van der Waals surface area contributed by atoms with Gasteiger partial charge in [0.25, 0.3) is 5.69 Å². The number of amides is 1. The minimum atomic E-state index is -0.450. The first-order valence-electron chi connectivity index (χ1n) is 8.19. The van der Waals surface area contributed by atoms with Gasteiger partial charge in [-0.2, -0.15) is 0 Å². The summed E-state index contributed by atoms with van der Waals surface area (Å²) in [4.78, 5) is 22.1. The van der Waals surface area contributed by atoms with E-state index in [1.807, 2.05) is 0 Å². The van der Waals surface area contributed by atoms with Crippen molar-refractivity contribution in [3.05, 3.63) is 64.2 Å². The van der Waals surface area contributed by atoms with Crippen LogP contribution in [0.3, 0.4) is 0 Å². The number of methoxy groups -OCH3 is 2. The van der Waals surface area contributed by atoms with Crippen LogP contribution < -0.4 is 20.1 Å². The molecule has 0 bridgehead atoms. The van der Waals surface area contributed by atoms with E-state index in [-0.39, 0.29) is 11.6 Å². The number of nitrogens with one attached hydrogen (secondary N) is 2. The van der Waals surface area contributed by atoms with Crippen LogP contribution >= 0.6 is 0 Å². The summed E-state index contributed by atoms with van der Waals surface area (Å²) in [6, 6.07) is 11.4. The van der Waals surface area contributed by atoms with E-state index in [1.165, 1.54) is 18.2 Å². The monoisotopic (exact) mass is 371 g/mol. The van der Waals surface area contributed by atoms with Crippen LogP contribution in [0.1, 0.15) is 5.56 Å². The highest BCUT2D eigenvalue weighted by molar-refractivity contribution is 5.92. The summed E-state index contributed by atoms with van der Waals surface area (Å²) >= 11 is 0. The molecule has 2 N–H and O–H groups in total. The molecule has 0 radical (unpaired) electrons. The lowest BCUT2D eigenvalue weighted by atomic mass is 10.1. The Labute approximate surface area is 156 Å². The molecule has 0 aliphatic rings. The molecule has 0 aliphatic carbocycles. The lowest BCUT2D eigenvalue weighted by Gasteiger charge is -2.08. The molecule has 2 rings (SSSR count). The number of rotatable bonds is 9. The molecule has 2 aromatic rings. The van der Waals surface area contributed by atoms with Gasteiger partial charge >= 0.3 is 0 Å². The zero-order chi connectivity index (χ0) is 19.6. The Kier molecular flexibility index (Phi) is 7.18. The smallest absolute Gasteiger partial charge is 0.269 e. The molecule has 0 saturated heterocycles. The van der Waals surface area contributed by atoms with Crippen LogP contribution in [0.2, 0.25) is 0 Å². The molecule has 27 heavy (non-hydrogen) atoms. The second-order valence-electron chi connectivity index (χ2n) is 5.46. The van der Waals surface area contributed by atoms with E-state index in [9.17, 15) is 14.9 Å². The fraction of sp³-hybridized carbons (Fsp3) is 0.211. The molecule has 0 fully saturated rings. The molecule has 142 valence electrons. The number of nitrogens with zero attached hydrogens (tertiary/aromatic N) is 1. The van der Waals surface area contributed by atoms with Crippen molar-refractivity contribution < 1.29 is 19.2 Å². The maximum absolute atomic E-state index is 11.9. The maximum Gasteiger partial charge on any atom is 0.269 e. The van der Waals surface area contributed by atoms with Crippen molar-refractivity contribution in [3.8, 4) is 11.5 Å². The van der Waals surface area contributed by atoms with Crippen LogP contribution in [0.4, 0.5) is 11.4 Å². The second kappa shape index (κ2) is 9.81. The molecule has 0 heterocycles. The molecular formula is C19H21N3O5. The second-order valence-corrected chi connectivity index (χ2v) is 5.46. The van der Waals surface area contributed by atoms with Crippen molar-refractivity contribution in [2.45, 2.75) is 0 Å². The van der Waals surface area contributed by atoms with Crippen molar-refractivity contribution in [3.63, 3.8) is 0 Å². The van der Waals surface area contributed by atoms with Crippen LogP contribution in [-0.2, 0) is 4.79 Å². The SMILES string of the molecule is COc1ccc(/C=C/C(=O)NCCNc2ccc([N+](=O)[O-])cc2)c(OC)c1. The van der Waals surface area contributed by atoms with Gasteiger partial charge in [0.15, 0.2) is 0 Å². The third-order valence-corrected chi connectivity index (χ3v) is 3.69. The number of carbonyl (C=O) groups excluding carboxylic acids is 1. The number of non-ortho nitro benzene ring substituents is 1. The minimum Gasteiger partial charge on any atom is -0.497 e. The number of hydrogen-bond donors (Lipinski definition) is 2. The summed E-state index contributed by atoms with van der Waals surface area (Å²) in [6.45, 7) is 0.892. The van der Waals surface area contributed by atoms with Gasteiger partial charge in [-0.25, -0.2) is 0 Å². The third kappa shape index (κ3) is 6.03. The van der Waals surface area contributed by atoms with Crippen LogP contribution in [0, 0.1) is 10.1 Å². The van der Waals surface area contributed by atoms with E-state index < -0.39 is 4.92 Å². The zero-order valence-electron chi connectivity index (χ0n) is 15.1. The van der Waals surface area contributed by atoms with Gasteiger partial charge < -0.3 is 20.1 Å². The third-order valence-electron chi connectivity index (χ3n) is 3.69. The van der Waals surface area contributed by atoms with Gasteiger partial charge in [-0.05, 0) is 30.3 Å². The molecule has 8 nitrogen and oxygen atoms in total. The summed E-state index contributed by atoms with van der Waals surface area (Å²) < 4.78 is 10.4. The predicted molar refractivity (Wildman–Crippen MR) is 103 cm³/mol. The molecule has 0 atom stereocenters. The molecular weight excluding hydrogens is 350 g/mol. The van der Waals surface area contributed by atoms with Gasteiger partial charge in [0, 0.05) is 48.6 Å². The lowest BCUT2D eigenvalue weighted by Crippen LogP contribution is -2.27. The van der Waals surface area contributed by atoms with Gasteiger partial charge in [0.1, 0.15) is 11.5 Å². The topological polar surface area (TPSA) is 103 Å². The number of anilines is 1. The molecule has 0 spiro atoms. The first-order valence-corrected chi connectivity index (χ1v) is 8.19. The quantitative estimate of drug-likeness (QED) is 0.304. The lowest BCUT2D eigenvalue weighted by molar-refractivity contribution is -0.384. The molecule has 0 aromatic heterocycles. The van der Waals surface area contributed by atoms with E-state index in [2.05, 4.69) is 10.6 Å². The van der Waals surface area contributed by atoms with E-state index in [0.29, 0.717) is 24.6 Å². The Hall–Kier alpha value is -3.55. The Balaban J connectivity index is 1.79. The van der Waals surface area contributed by atoms with E-state index >= 15 is 0 Å². The summed E-state index contributed by atoms with van der Waals surface area (Å²) in [5.74, 6) is 1.04. The van der Waals surface area contributed by atoms with E-state index in [4.69, 9.17) is 9.47 Å². The zero-order valence-corrected chi connectivity index (χ0v) is 15.1. The normalized spacial score (nSPS) is 10.4. The first-order chi connectivity index (χ1) is 13.0. The molecule has 0 saturated carbocycles. The largest absolute Gasteiger partial charge is 0.497 e. The van der Waals surface area contributed by atoms with E-state index in [0.717, 1.165) is 11.3 Å². The number of carbonyl (C=O) groups is 1. The Morgan fingerprint density at radius 1 is 1.11 bits per heavy atom. The first kappa shape index (κ1) is 19.8.